The molecular formula is C15H23BrN2O3. The molecule has 0 aliphatic rings. The molecule has 1 amide bonds. The molecule has 5 nitrogen and oxygen atoms in total. The van der Waals surface area contributed by atoms with E-state index >= 15 is 0 Å². The fraction of sp³-hybridized carbons (Fsp3) is 0.533. The van der Waals surface area contributed by atoms with Crippen LogP contribution in [0.2, 0.25) is 0 Å². The van der Waals surface area contributed by atoms with Crippen molar-refractivity contribution in [2.45, 2.75) is 32.9 Å². The first-order valence-corrected chi connectivity index (χ1v) is 7.78. The zero-order valence-electron chi connectivity index (χ0n) is 13.0. The van der Waals surface area contributed by atoms with Crippen molar-refractivity contribution >= 4 is 21.8 Å². The molecule has 1 aromatic rings. The molecule has 2 N–H and O–H groups in total. The minimum Gasteiger partial charge on any atom is -0.493 e. The van der Waals surface area contributed by atoms with Gasteiger partial charge in [-0.25, -0.2) is 0 Å². The summed E-state index contributed by atoms with van der Waals surface area (Å²) in [6.07, 6.45) is 0.307. The second-order valence-electron chi connectivity index (χ2n) is 4.69. The first-order chi connectivity index (χ1) is 10.0. The van der Waals surface area contributed by atoms with Gasteiger partial charge in [0.1, 0.15) is 0 Å². The van der Waals surface area contributed by atoms with Crippen molar-refractivity contribution < 1.29 is 14.3 Å². The molecule has 0 aliphatic carbocycles. The smallest absolute Gasteiger partial charge is 0.260 e. The Bertz CT molecular complexity index is 480. The van der Waals surface area contributed by atoms with Crippen molar-refractivity contribution in [1.29, 1.82) is 0 Å². The van der Waals surface area contributed by atoms with Crippen LogP contribution >= 0.6 is 15.9 Å². The Hall–Kier alpha value is -1.27. The third-order valence-corrected chi connectivity index (χ3v) is 3.47. The lowest BCUT2D eigenvalue weighted by molar-refractivity contribution is -0.127. The molecule has 1 aromatic carbocycles. The molecule has 1 unspecified atom stereocenters. The van der Waals surface area contributed by atoms with E-state index in [1.54, 1.807) is 14.0 Å². The van der Waals surface area contributed by atoms with Crippen LogP contribution in [-0.4, -0.2) is 32.7 Å². The van der Waals surface area contributed by atoms with Crippen LogP contribution < -0.4 is 20.1 Å². The first kappa shape index (κ1) is 17.8. The Balaban J connectivity index is 2.89. The number of rotatable bonds is 8. The largest absolute Gasteiger partial charge is 0.493 e. The predicted octanol–water partition coefficient (Wildman–Crippen LogP) is 2.47. The molecule has 0 aliphatic heterocycles. The first-order valence-electron chi connectivity index (χ1n) is 6.98. The van der Waals surface area contributed by atoms with Crippen molar-refractivity contribution in [3.05, 3.63) is 22.2 Å². The number of halogens is 1. The van der Waals surface area contributed by atoms with Crippen LogP contribution in [0.15, 0.2) is 16.6 Å². The Labute approximate surface area is 134 Å². The summed E-state index contributed by atoms with van der Waals surface area (Å²) in [5.41, 5.74) is 1.07. The summed E-state index contributed by atoms with van der Waals surface area (Å²) in [6, 6.07) is 3.85. The van der Waals surface area contributed by atoms with Crippen LogP contribution in [0.3, 0.4) is 0 Å². The van der Waals surface area contributed by atoms with Crippen LogP contribution in [0, 0.1) is 0 Å². The number of benzene rings is 1. The quantitative estimate of drug-likeness (QED) is 0.749. The summed E-state index contributed by atoms with van der Waals surface area (Å²) in [6.45, 7) is 5.10. The number of hydrogen-bond acceptors (Lipinski definition) is 4. The van der Waals surface area contributed by atoms with Gasteiger partial charge in [0.2, 0.25) is 0 Å². The normalized spacial score (nSPS) is 11.9. The molecule has 0 saturated carbocycles. The van der Waals surface area contributed by atoms with Crippen molar-refractivity contribution in [2.75, 3.05) is 20.7 Å². The SMILES string of the molecule is CCCNC(=O)C(C)Oc1c(Br)cc(CNC)cc1OC. The minimum absolute atomic E-state index is 0.134. The van der Waals surface area contributed by atoms with E-state index in [0.29, 0.717) is 18.0 Å². The van der Waals surface area contributed by atoms with Gasteiger partial charge in [0.15, 0.2) is 17.6 Å². The minimum atomic E-state index is -0.586. The van der Waals surface area contributed by atoms with E-state index in [1.165, 1.54) is 0 Å². The Morgan fingerprint density at radius 2 is 2.14 bits per heavy atom. The average Bonchev–Trinajstić information content (AvgIpc) is 2.47. The fourth-order valence-electron chi connectivity index (χ4n) is 1.82. The van der Waals surface area contributed by atoms with E-state index < -0.39 is 6.10 Å². The van der Waals surface area contributed by atoms with Gasteiger partial charge in [-0.15, -0.1) is 0 Å². The van der Waals surface area contributed by atoms with Crippen LogP contribution in [0.25, 0.3) is 0 Å². The van der Waals surface area contributed by atoms with Crippen molar-refractivity contribution in [3.63, 3.8) is 0 Å². The maximum absolute atomic E-state index is 11.9. The van der Waals surface area contributed by atoms with Gasteiger partial charge in [-0.2, -0.15) is 0 Å². The van der Waals surface area contributed by atoms with Gasteiger partial charge in [-0.05, 0) is 54.0 Å². The van der Waals surface area contributed by atoms with Crippen LogP contribution in [0.4, 0.5) is 0 Å². The number of methoxy groups -OCH3 is 1. The van der Waals surface area contributed by atoms with Crippen LogP contribution in [-0.2, 0) is 11.3 Å². The third-order valence-electron chi connectivity index (χ3n) is 2.88. The Morgan fingerprint density at radius 3 is 2.71 bits per heavy atom. The number of nitrogens with one attached hydrogen (secondary N) is 2. The molecule has 0 fully saturated rings. The zero-order chi connectivity index (χ0) is 15.8. The van der Waals surface area contributed by atoms with Crippen molar-refractivity contribution in [1.82, 2.24) is 10.6 Å². The summed E-state index contributed by atoms with van der Waals surface area (Å²) in [5, 5.41) is 5.89. The van der Waals surface area contributed by atoms with Gasteiger partial charge < -0.3 is 20.1 Å². The lowest BCUT2D eigenvalue weighted by atomic mass is 10.2. The summed E-state index contributed by atoms with van der Waals surface area (Å²) >= 11 is 3.47. The molecule has 0 bridgehead atoms. The van der Waals surface area contributed by atoms with E-state index in [2.05, 4.69) is 26.6 Å². The number of hydrogen-bond donors (Lipinski definition) is 2. The maximum Gasteiger partial charge on any atom is 0.260 e. The molecule has 21 heavy (non-hydrogen) atoms. The maximum atomic E-state index is 11.9. The molecule has 1 atom stereocenters. The van der Waals surface area contributed by atoms with E-state index in [-0.39, 0.29) is 5.91 Å². The molecule has 118 valence electrons. The lowest BCUT2D eigenvalue weighted by Gasteiger charge is -2.18. The van der Waals surface area contributed by atoms with Crippen molar-refractivity contribution in [3.8, 4) is 11.5 Å². The van der Waals surface area contributed by atoms with Gasteiger partial charge >= 0.3 is 0 Å². The zero-order valence-corrected chi connectivity index (χ0v) is 14.5. The number of carbonyl (C=O) groups excluding carboxylic acids is 1. The highest BCUT2D eigenvalue weighted by Crippen LogP contribution is 2.37. The average molecular weight is 359 g/mol. The molecule has 0 saturated heterocycles. The highest BCUT2D eigenvalue weighted by Gasteiger charge is 2.19. The highest BCUT2D eigenvalue weighted by molar-refractivity contribution is 9.10. The topological polar surface area (TPSA) is 59.6 Å². The van der Waals surface area contributed by atoms with Crippen molar-refractivity contribution in [2.24, 2.45) is 0 Å². The molecule has 6 heteroatoms. The molecular weight excluding hydrogens is 336 g/mol. The summed E-state index contributed by atoms with van der Waals surface area (Å²) < 4.78 is 11.9. The van der Waals surface area contributed by atoms with Gasteiger partial charge in [0.25, 0.3) is 5.91 Å². The van der Waals surface area contributed by atoms with E-state index in [0.717, 1.165) is 23.0 Å². The molecule has 0 aromatic heterocycles. The van der Waals surface area contributed by atoms with Gasteiger partial charge in [-0.3, -0.25) is 4.79 Å². The monoisotopic (exact) mass is 358 g/mol. The summed E-state index contributed by atoms with van der Waals surface area (Å²) in [7, 11) is 3.46. The van der Waals surface area contributed by atoms with Crippen LogP contribution in [0.1, 0.15) is 25.8 Å². The van der Waals surface area contributed by atoms with Gasteiger partial charge in [0, 0.05) is 13.1 Å². The fourth-order valence-corrected chi connectivity index (χ4v) is 2.40. The second-order valence-corrected chi connectivity index (χ2v) is 5.54. The van der Waals surface area contributed by atoms with E-state index in [4.69, 9.17) is 9.47 Å². The highest BCUT2D eigenvalue weighted by atomic mass is 79.9. The Morgan fingerprint density at radius 1 is 1.43 bits per heavy atom. The number of carbonyl (C=O) groups is 1. The lowest BCUT2D eigenvalue weighted by Crippen LogP contribution is -2.36. The van der Waals surface area contributed by atoms with Gasteiger partial charge in [0.05, 0.1) is 11.6 Å². The molecule has 1 rings (SSSR count). The molecule has 0 spiro atoms. The third kappa shape index (κ3) is 5.21. The molecule has 0 heterocycles. The Kier molecular flexibility index (Phi) is 7.53. The number of amides is 1. The standard InChI is InChI=1S/C15H23BrN2O3/c1-5-6-18-15(19)10(2)21-14-12(16)7-11(9-17-3)8-13(14)20-4/h7-8,10,17H,5-6,9H2,1-4H3,(H,18,19). The van der Waals surface area contributed by atoms with E-state index in [9.17, 15) is 4.79 Å². The molecule has 0 radical (unpaired) electrons. The van der Waals surface area contributed by atoms with Crippen LogP contribution in [0.5, 0.6) is 11.5 Å². The second kappa shape index (κ2) is 8.89. The number of ether oxygens (including phenoxy) is 2. The predicted molar refractivity (Wildman–Crippen MR) is 86.8 cm³/mol. The summed E-state index contributed by atoms with van der Waals surface area (Å²) in [5.74, 6) is 1.01. The van der Waals surface area contributed by atoms with Gasteiger partial charge in [-0.1, -0.05) is 6.92 Å². The van der Waals surface area contributed by atoms with E-state index in [1.807, 2.05) is 26.1 Å². The summed E-state index contributed by atoms with van der Waals surface area (Å²) in [4.78, 5) is 11.9.